The second-order valence-corrected chi connectivity index (χ2v) is 7.02. The summed E-state index contributed by atoms with van der Waals surface area (Å²) in [7, 11) is -3.48. The van der Waals surface area contributed by atoms with Crippen LogP contribution in [0.3, 0.4) is 0 Å². The van der Waals surface area contributed by atoms with Gasteiger partial charge in [-0.05, 0) is 49.1 Å². The molecule has 108 valence electrons. The van der Waals surface area contributed by atoms with Gasteiger partial charge in [-0.1, -0.05) is 42.0 Å². The standard InChI is InChI=1S/C17H17NO2S/c1-13-6-9-16(10-7-13)18-21(19,20)17-11-8-14-4-2-3-5-15(14)12-17/h2-7,9-10,12,18H,8,11H2,1H3. The molecule has 0 radical (unpaired) electrons. The summed E-state index contributed by atoms with van der Waals surface area (Å²) < 4.78 is 27.6. The molecule has 3 rings (SSSR count). The number of rotatable bonds is 3. The zero-order chi connectivity index (χ0) is 14.9. The molecule has 0 amide bonds. The molecule has 4 heteroatoms. The third-order valence-corrected chi connectivity index (χ3v) is 5.18. The molecule has 21 heavy (non-hydrogen) atoms. The number of hydrogen-bond acceptors (Lipinski definition) is 2. The van der Waals surface area contributed by atoms with E-state index < -0.39 is 10.0 Å². The molecule has 0 bridgehead atoms. The average molecular weight is 299 g/mol. The van der Waals surface area contributed by atoms with Crippen LogP contribution in [0.1, 0.15) is 23.1 Å². The van der Waals surface area contributed by atoms with Gasteiger partial charge in [0, 0.05) is 5.69 Å². The van der Waals surface area contributed by atoms with E-state index in [0.29, 0.717) is 17.0 Å². The van der Waals surface area contributed by atoms with Crippen LogP contribution in [0, 0.1) is 6.92 Å². The van der Waals surface area contributed by atoms with Crippen molar-refractivity contribution in [3.05, 3.63) is 70.1 Å². The summed E-state index contributed by atoms with van der Waals surface area (Å²) in [5.41, 5.74) is 3.89. The maximum atomic E-state index is 12.5. The molecule has 2 aromatic carbocycles. The van der Waals surface area contributed by atoms with Gasteiger partial charge in [0.25, 0.3) is 10.0 Å². The Bertz CT molecular complexity index is 790. The fourth-order valence-electron chi connectivity index (χ4n) is 2.46. The van der Waals surface area contributed by atoms with E-state index in [4.69, 9.17) is 0 Å². The molecular formula is C17H17NO2S. The van der Waals surface area contributed by atoms with Crippen LogP contribution in [0.5, 0.6) is 0 Å². The quantitative estimate of drug-likeness (QED) is 0.938. The summed E-state index contributed by atoms with van der Waals surface area (Å²) >= 11 is 0. The second kappa shape index (κ2) is 5.37. The molecule has 1 N–H and O–H groups in total. The molecule has 3 nitrogen and oxygen atoms in total. The van der Waals surface area contributed by atoms with Gasteiger partial charge < -0.3 is 0 Å². The predicted molar refractivity (Wildman–Crippen MR) is 86.5 cm³/mol. The summed E-state index contributed by atoms with van der Waals surface area (Å²) in [6.45, 7) is 1.97. The summed E-state index contributed by atoms with van der Waals surface area (Å²) in [5.74, 6) is 0. The molecule has 0 aliphatic heterocycles. The molecule has 1 aliphatic carbocycles. The lowest BCUT2D eigenvalue weighted by Crippen LogP contribution is -2.17. The van der Waals surface area contributed by atoms with Gasteiger partial charge in [0.15, 0.2) is 0 Å². The Morgan fingerprint density at radius 1 is 0.952 bits per heavy atom. The first-order chi connectivity index (χ1) is 10.0. The van der Waals surface area contributed by atoms with Gasteiger partial charge in [-0.15, -0.1) is 0 Å². The molecule has 0 fully saturated rings. The van der Waals surface area contributed by atoms with Crippen molar-refractivity contribution >= 4 is 21.8 Å². The molecular weight excluding hydrogens is 282 g/mol. The number of fused-ring (bicyclic) bond motifs is 1. The highest BCUT2D eigenvalue weighted by molar-refractivity contribution is 7.96. The van der Waals surface area contributed by atoms with E-state index in [-0.39, 0.29) is 0 Å². The molecule has 0 unspecified atom stereocenters. The van der Waals surface area contributed by atoms with Crippen LogP contribution < -0.4 is 4.72 Å². The molecule has 0 saturated heterocycles. The monoisotopic (exact) mass is 299 g/mol. The van der Waals surface area contributed by atoms with E-state index >= 15 is 0 Å². The SMILES string of the molecule is Cc1ccc(NS(=O)(=O)C2=Cc3ccccc3CC2)cc1. The Hall–Kier alpha value is -2.07. The van der Waals surface area contributed by atoms with Crippen molar-refractivity contribution in [2.24, 2.45) is 0 Å². The number of sulfonamides is 1. The third kappa shape index (κ3) is 3.00. The van der Waals surface area contributed by atoms with E-state index in [0.717, 1.165) is 17.5 Å². The van der Waals surface area contributed by atoms with E-state index in [1.807, 2.05) is 43.3 Å². The van der Waals surface area contributed by atoms with Gasteiger partial charge in [-0.3, -0.25) is 4.72 Å². The largest absolute Gasteiger partial charge is 0.280 e. The van der Waals surface area contributed by atoms with Crippen molar-refractivity contribution in [1.29, 1.82) is 0 Å². The van der Waals surface area contributed by atoms with Crippen LogP contribution in [0.4, 0.5) is 5.69 Å². The predicted octanol–water partition coefficient (Wildman–Crippen LogP) is 3.72. The minimum Gasteiger partial charge on any atom is -0.280 e. The zero-order valence-corrected chi connectivity index (χ0v) is 12.7. The van der Waals surface area contributed by atoms with Crippen LogP contribution in [0.25, 0.3) is 6.08 Å². The Labute approximate surface area is 125 Å². The summed E-state index contributed by atoms with van der Waals surface area (Å²) in [5, 5.41) is 0. The van der Waals surface area contributed by atoms with E-state index in [1.165, 1.54) is 5.56 Å². The van der Waals surface area contributed by atoms with Crippen LogP contribution in [0.15, 0.2) is 53.4 Å². The van der Waals surface area contributed by atoms with Crippen LogP contribution >= 0.6 is 0 Å². The Kier molecular flexibility index (Phi) is 3.55. The van der Waals surface area contributed by atoms with E-state index in [2.05, 4.69) is 4.72 Å². The van der Waals surface area contributed by atoms with Crippen molar-refractivity contribution in [3.8, 4) is 0 Å². The summed E-state index contributed by atoms with van der Waals surface area (Å²) in [4.78, 5) is 0.446. The third-order valence-electron chi connectivity index (χ3n) is 3.66. The minimum atomic E-state index is -3.48. The van der Waals surface area contributed by atoms with Crippen molar-refractivity contribution < 1.29 is 8.42 Å². The highest BCUT2D eigenvalue weighted by atomic mass is 32.2. The normalized spacial score (nSPS) is 14.2. The molecule has 0 atom stereocenters. The van der Waals surface area contributed by atoms with Crippen LogP contribution in [-0.2, 0) is 16.4 Å². The van der Waals surface area contributed by atoms with E-state index in [9.17, 15) is 8.42 Å². The highest BCUT2D eigenvalue weighted by Crippen LogP contribution is 2.28. The average Bonchev–Trinajstić information content (AvgIpc) is 2.49. The Balaban J connectivity index is 1.89. The van der Waals surface area contributed by atoms with Gasteiger partial charge in [-0.25, -0.2) is 8.42 Å². The fraction of sp³-hybridized carbons (Fsp3) is 0.176. The van der Waals surface area contributed by atoms with Crippen molar-refractivity contribution in [3.63, 3.8) is 0 Å². The number of anilines is 1. The van der Waals surface area contributed by atoms with Gasteiger partial charge >= 0.3 is 0 Å². The van der Waals surface area contributed by atoms with Gasteiger partial charge in [-0.2, -0.15) is 0 Å². The lowest BCUT2D eigenvalue weighted by Gasteiger charge is -2.17. The zero-order valence-electron chi connectivity index (χ0n) is 11.8. The number of allylic oxidation sites excluding steroid dienone is 1. The molecule has 1 aliphatic rings. The fourth-order valence-corrected chi connectivity index (χ4v) is 3.69. The first-order valence-electron chi connectivity index (χ1n) is 6.92. The van der Waals surface area contributed by atoms with Gasteiger partial charge in [0.1, 0.15) is 0 Å². The Morgan fingerprint density at radius 2 is 1.67 bits per heavy atom. The van der Waals surface area contributed by atoms with Gasteiger partial charge in [0.05, 0.1) is 4.91 Å². The Morgan fingerprint density at radius 3 is 2.43 bits per heavy atom. The molecule has 2 aromatic rings. The number of benzene rings is 2. The molecule has 0 spiro atoms. The molecule has 0 saturated carbocycles. The lowest BCUT2D eigenvalue weighted by atomic mass is 9.98. The van der Waals surface area contributed by atoms with E-state index in [1.54, 1.807) is 18.2 Å². The maximum Gasteiger partial charge on any atom is 0.258 e. The van der Waals surface area contributed by atoms with Crippen molar-refractivity contribution in [2.45, 2.75) is 19.8 Å². The topological polar surface area (TPSA) is 46.2 Å². The number of hydrogen-bond donors (Lipinski definition) is 1. The minimum absolute atomic E-state index is 0.446. The summed E-state index contributed by atoms with van der Waals surface area (Å²) in [6.07, 6.45) is 3.07. The van der Waals surface area contributed by atoms with Gasteiger partial charge in [0.2, 0.25) is 0 Å². The lowest BCUT2D eigenvalue weighted by molar-refractivity contribution is 0.605. The van der Waals surface area contributed by atoms with Crippen molar-refractivity contribution in [1.82, 2.24) is 0 Å². The maximum absolute atomic E-state index is 12.5. The number of nitrogens with one attached hydrogen (secondary N) is 1. The smallest absolute Gasteiger partial charge is 0.258 e. The van der Waals surface area contributed by atoms with Crippen molar-refractivity contribution in [2.75, 3.05) is 4.72 Å². The number of aryl methyl sites for hydroxylation is 2. The first-order valence-corrected chi connectivity index (χ1v) is 8.41. The van der Waals surface area contributed by atoms with Crippen LogP contribution in [0.2, 0.25) is 0 Å². The summed E-state index contributed by atoms with van der Waals surface area (Å²) in [6, 6.07) is 15.3. The second-order valence-electron chi connectivity index (χ2n) is 5.28. The van der Waals surface area contributed by atoms with Crippen LogP contribution in [-0.4, -0.2) is 8.42 Å². The first kappa shape index (κ1) is 13.9. The molecule has 0 heterocycles. The highest BCUT2D eigenvalue weighted by Gasteiger charge is 2.21. The molecule has 0 aromatic heterocycles.